The van der Waals surface area contributed by atoms with E-state index in [2.05, 4.69) is 4.98 Å². The summed E-state index contributed by atoms with van der Waals surface area (Å²) in [4.78, 5) is 17.7. The van der Waals surface area contributed by atoms with Crippen LogP contribution in [-0.4, -0.2) is 9.55 Å². The molecule has 0 aliphatic rings. The summed E-state index contributed by atoms with van der Waals surface area (Å²) in [5.41, 5.74) is 9.29. The van der Waals surface area contributed by atoms with Gasteiger partial charge >= 0.3 is 0 Å². The first-order valence-electron chi connectivity index (χ1n) is 7.44. The summed E-state index contributed by atoms with van der Waals surface area (Å²) in [7, 11) is 0. The Morgan fingerprint density at radius 3 is 2.65 bits per heavy atom. The molecule has 1 unspecified atom stereocenters. The topological polar surface area (TPSA) is 60.9 Å². The highest BCUT2D eigenvalue weighted by Gasteiger charge is 2.18. The Labute approximate surface area is 139 Å². The first-order chi connectivity index (χ1) is 10.9. The Kier molecular flexibility index (Phi) is 3.96. The molecule has 0 aliphatic heterocycles. The van der Waals surface area contributed by atoms with Crippen LogP contribution in [0, 0.1) is 13.8 Å². The van der Waals surface area contributed by atoms with Crippen LogP contribution >= 0.6 is 11.6 Å². The lowest BCUT2D eigenvalue weighted by molar-refractivity contribution is 0.694. The van der Waals surface area contributed by atoms with Gasteiger partial charge in [0.1, 0.15) is 5.82 Å². The molecule has 1 heterocycles. The fourth-order valence-corrected chi connectivity index (χ4v) is 2.96. The van der Waals surface area contributed by atoms with Crippen molar-refractivity contribution < 1.29 is 0 Å². The molecule has 1 atom stereocenters. The second-order valence-electron chi connectivity index (χ2n) is 5.82. The van der Waals surface area contributed by atoms with E-state index in [0.717, 1.165) is 16.8 Å². The molecule has 0 fully saturated rings. The van der Waals surface area contributed by atoms with E-state index in [4.69, 9.17) is 17.3 Å². The van der Waals surface area contributed by atoms with E-state index in [9.17, 15) is 4.79 Å². The summed E-state index contributed by atoms with van der Waals surface area (Å²) in [5.74, 6) is 0.526. The van der Waals surface area contributed by atoms with Gasteiger partial charge < -0.3 is 5.73 Å². The van der Waals surface area contributed by atoms with E-state index in [-0.39, 0.29) is 11.6 Å². The van der Waals surface area contributed by atoms with Gasteiger partial charge in [0.25, 0.3) is 5.56 Å². The second kappa shape index (κ2) is 5.80. The zero-order chi connectivity index (χ0) is 16.7. The monoisotopic (exact) mass is 327 g/mol. The van der Waals surface area contributed by atoms with Gasteiger partial charge in [0.15, 0.2) is 0 Å². The first-order valence-corrected chi connectivity index (χ1v) is 7.82. The second-order valence-corrected chi connectivity index (χ2v) is 6.23. The van der Waals surface area contributed by atoms with Crippen molar-refractivity contribution in [2.45, 2.75) is 26.8 Å². The van der Waals surface area contributed by atoms with Gasteiger partial charge in [-0.3, -0.25) is 9.36 Å². The van der Waals surface area contributed by atoms with Crippen LogP contribution in [0.5, 0.6) is 0 Å². The maximum absolute atomic E-state index is 13.1. The molecule has 0 saturated carbocycles. The van der Waals surface area contributed by atoms with E-state index in [1.807, 2.05) is 39.0 Å². The van der Waals surface area contributed by atoms with Crippen LogP contribution in [0.15, 0.2) is 41.2 Å². The largest absolute Gasteiger partial charge is 0.322 e. The SMILES string of the molecule is Cc1ccc(C)c(-n2c(C(C)N)nc3cccc(Cl)c3c2=O)c1. The number of halogens is 1. The molecule has 5 heteroatoms. The van der Waals surface area contributed by atoms with Gasteiger partial charge in [0, 0.05) is 0 Å². The van der Waals surface area contributed by atoms with Gasteiger partial charge in [-0.15, -0.1) is 0 Å². The van der Waals surface area contributed by atoms with Crippen LogP contribution in [0.25, 0.3) is 16.6 Å². The Morgan fingerprint density at radius 1 is 1.22 bits per heavy atom. The molecule has 1 aromatic heterocycles. The van der Waals surface area contributed by atoms with Crippen molar-refractivity contribution >= 4 is 22.5 Å². The average Bonchev–Trinajstić information content (AvgIpc) is 2.49. The highest BCUT2D eigenvalue weighted by molar-refractivity contribution is 6.35. The Balaban J connectivity index is 2.50. The fraction of sp³-hybridized carbons (Fsp3) is 0.222. The molecule has 2 N–H and O–H groups in total. The first kappa shape index (κ1) is 15.7. The van der Waals surface area contributed by atoms with E-state index < -0.39 is 0 Å². The van der Waals surface area contributed by atoms with E-state index in [0.29, 0.717) is 21.7 Å². The molecular formula is C18H18ClN3O. The maximum Gasteiger partial charge on any atom is 0.267 e. The van der Waals surface area contributed by atoms with Gasteiger partial charge in [-0.25, -0.2) is 4.98 Å². The zero-order valence-electron chi connectivity index (χ0n) is 13.3. The van der Waals surface area contributed by atoms with Crippen molar-refractivity contribution in [3.63, 3.8) is 0 Å². The third-order valence-electron chi connectivity index (χ3n) is 3.89. The van der Waals surface area contributed by atoms with Crippen molar-refractivity contribution in [1.29, 1.82) is 0 Å². The molecule has 23 heavy (non-hydrogen) atoms. The molecule has 0 aliphatic carbocycles. The Hall–Kier alpha value is -2.17. The number of benzene rings is 2. The molecular weight excluding hydrogens is 310 g/mol. The normalized spacial score (nSPS) is 12.6. The number of hydrogen-bond donors (Lipinski definition) is 1. The number of fused-ring (bicyclic) bond motifs is 1. The van der Waals surface area contributed by atoms with Crippen molar-refractivity contribution in [3.05, 3.63) is 68.7 Å². The van der Waals surface area contributed by atoms with Crippen LogP contribution in [0.2, 0.25) is 5.02 Å². The lowest BCUT2D eigenvalue weighted by Gasteiger charge is -2.18. The summed E-state index contributed by atoms with van der Waals surface area (Å²) >= 11 is 6.24. The van der Waals surface area contributed by atoms with E-state index >= 15 is 0 Å². The minimum atomic E-state index is -0.383. The third kappa shape index (κ3) is 2.64. The van der Waals surface area contributed by atoms with Gasteiger partial charge in [-0.1, -0.05) is 29.8 Å². The van der Waals surface area contributed by atoms with Gasteiger partial charge in [0.2, 0.25) is 0 Å². The van der Waals surface area contributed by atoms with Crippen LogP contribution in [-0.2, 0) is 0 Å². The summed E-state index contributed by atoms with van der Waals surface area (Å²) in [5, 5.41) is 0.815. The molecule has 2 aromatic carbocycles. The fourth-order valence-electron chi connectivity index (χ4n) is 2.71. The number of aromatic nitrogens is 2. The average molecular weight is 328 g/mol. The molecule has 0 radical (unpaired) electrons. The molecule has 0 spiro atoms. The van der Waals surface area contributed by atoms with Crippen LogP contribution < -0.4 is 11.3 Å². The lowest BCUT2D eigenvalue weighted by Crippen LogP contribution is -2.28. The quantitative estimate of drug-likeness (QED) is 0.781. The Morgan fingerprint density at radius 2 is 1.96 bits per heavy atom. The molecule has 3 aromatic rings. The highest BCUT2D eigenvalue weighted by Crippen LogP contribution is 2.23. The van der Waals surface area contributed by atoms with Crippen LogP contribution in [0.1, 0.15) is 29.9 Å². The number of hydrogen-bond acceptors (Lipinski definition) is 3. The minimum absolute atomic E-state index is 0.193. The zero-order valence-corrected chi connectivity index (χ0v) is 14.1. The lowest BCUT2D eigenvalue weighted by atomic mass is 10.1. The predicted molar refractivity (Wildman–Crippen MR) is 94.4 cm³/mol. The maximum atomic E-state index is 13.1. The van der Waals surface area contributed by atoms with Crippen molar-refractivity contribution in [1.82, 2.24) is 9.55 Å². The van der Waals surface area contributed by atoms with E-state index in [1.165, 1.54) is 0 Å². The predicted octanol–water partition coefficient (Wildman–Crippen LogP) is 3.68. The minimum Gasteiger partial charge on any atom is -0.322 e. The number of aryl methyl sites for hydroxylation is 2. The molecule has 0 saturated heterocycles. The summed E-state index contributed by atoms with van der Waals surface area (Å²) < 4.78 is 1.58. The van der Waals surface area contributed by atoms with E-state index in [1.54, 1.807) is 22.8 Å². The summed E-state index contributed by atoms with van der Waals surface area (Å²) in [6.07, 6.45) is 0. The molecule has 0 bridgehead atoms. The molecule has 118 valence electrons. The van der Waals surface area contributed by atoms with Crippen LogP contribution in [0.3, 0.4) is 0 Å². The summed E-state index contributed by atoms with van der Waals surface area (Å²) in [6.45, 7) is 5.77. The smallest absolute Gasteiger partial charge is 0.267 e. The van der Waals surface area contributed by atoms with Crippen LogP contribution in [0.4, 0.5) is 0 Å². The van der Waals surface area contributed by atoms with Crippen molar-refractivity contribution in [2.24, 2.45) is 5.73 Å². The third-order valence-corrected chi connectivity index (χ3v) is 4.20. The summed E-state index contributed by atoms with van der Waals surface area (Å²) in [6, 6.07) is 10.8. The number of nitrogens with zero attached hydrogens (tertiary/aromatic N) is 2. The number of rotatable bonds is 2. The van der Waals surface area contributed by atoms with Gasteiger partial charge in [-0.2, -0.15) is 0 Å². The molecule has 0 amide bonds. The Bertz CT molecular complexity index is 960. The number of nitrogens with two attached hydrogens (primary N) is 1. The van der Waals surface area contributed by atoms with Crippen molar-refractivity contribution in [2.75, 3.05) is 0 Å². The highest BCUT2D eigenvalue weighted by atomic mass is 35.5. The van der Waals surface area contributed by atoms with Gasteiger partial charge in [0.05, 0.1) is 27.7 Å². The molecule has 3 rings (SSSR count). The molecule has 4 nitrogen and oxygen atoms in total. The van der Waals surface area contributed by atoms with Crippen molar-refractivity contribution in [3.8, 4) is 5.69 Å². The van der Waals surface area contributed by atoms with Gasteiger partial charge in [-0.05, 0) is 50.1 Å². The standard InChI is InChI=1S/C18H18ClN3O/c1-10-7-8-11(2)15(9-10)22-17(12(3)20)21-14-6-4-5-13(19)16(14)18(22)23/h4-9,12H,20H2,1-3H3.